The summed E-state index contributed by atoms with van der Waals surface area (Å²) in [6.45, 7) is 3.65. The molecule has 3 aromatic rings. The summed E-state index contributed by atoms with van der Waals surface area (Å²) in [6.07, 6.45) is 0.206. The van der Waals surface area contributed by atoms with Crippen LogP contribution in [0.1, 0.15) is 16.8 Å². The minimum atomic E-state index is -3.58. The summed E-state index contributed by atoms with van der Waals surface area (Å²) < 4.78 is 26.5. The second-order valence-corrected chi connectivity index (χ2v) is 8.04. The first-order valence-electron chi connectivity index (χ1n) is 8.22. The van der Waals surface area contributed by atoms with Crippen LogP contribution in [0.25, 0.3) is 10.9 Å². The van der Waals surface area contributed by atoms with E-state index >= 15 is 0 Å². The first-order chi connectivity index (χ1) is 12.3. The summed E-state index contributed by atoms with van der Waals surface area (Å²) in [5.41, 5.74) is 3.94. The number of hydrogen-bond acceptors (Lipinski definition) is 3. The molecular weight excluding hydrogens is 350 g/mol. The minimum Gasteiger partial charge on any atom is -0.358 e. The van der Waals surface area contributed by atoms with Gasteiger partial charge < -0.3 is 10.3 Å². The number of aromatic amines is 1. The average molecular weight is 371 g/mol. The maximum atomic E-state index is 12.5. The van der Waals surface area contributed by atoms with E-state index in [0.717, 1.165) is 22.2 Å². The van der Waals surface area contributed by atoms with Gasteiger partial charge in [-0.25, -0.2) is 13.1 Å². The van der Waals surface area contributed by atoms with Crippen molar-refractivity contribution in [1.29, 1.82) is 0 Å². The van der Waals surface area contributed by atoms with E-state index < -0.39 is 10.0 Å². The van der Waals surface area contributed by atoms with E-state index in [1.54, 1.807) is 19.1 Å². The predicted octanol–water partition coefficient (Wildman–Crippen LogP) is 2.87. The monoisotopic (exact) mass is 371 g/mol. The molecule has 0 saturated heterocycles. The van der Waals surface area contributed by atoms with E-state index in [4.69, 9.17) is 0 Å². The maximum Gasteiger partial charge on any atom is 0.240 e. The van der Waals surface area contributed by atoms with E-state index in [1.807, 2.05) is 31.2 Å². The van der Waals surface area contributed by atoms with Gasteiger partial charge in [0, 0.05) is 22.3 Å². The van der Waals surface area contributed by atoms with Crippen molar-refractivity contribution in [2.75, 3.05) is 12.4 Å². The van der Waals surface area contributed by atoms with Gasteiger partial charge in [0.2, 0.25) is 15.9 Å². The number of para-hydroxylation sites is 1. The highest BCUT2D eigenvalue weighted by Crippen LogP contribution is 2.24. The smallest absolute Gasteiger partial charge is 0.240 e. The maximum absolute atomic E-state index is 12.5. The fourth-order valence-electron chi connectivity index (χ4n) is 3.01. The molecule has 3 N–H and O–H groups in total. The van der Waals surface area contributed by atoms with Gasteiger partial charge in [0.25, 0.3) is 0 Å². The number of amides is 1. The SMILES string of the molecule is CNS(=O)(=O)c1cc(NC(=O)Cc2c(C)[nH]c3ccccc23)ccc1C. The van der Waals surface area contributed by atoms with Crippen molar-refractivity contribution >= 4 is 32.5 Å². The number of hydrogen-bond donors (Lipinski definition) is 3. The van der Waals surface area contributed by atoms with Crippen LogP contribution in [0.15, 0.2) is 47.4 Å². The van der Waals surface area contributed by atoms with Crippen LogP contribution in [0.2, 0.25) is 0 Å². The third-order valence-corrected chi connectivity index (χ3v) is 5.95. The number of H-pyrrole nitrogens is 1. The van der Waals surface area contributed by atoms with Crippen molar-refractivity contribution in [2.45, 2.75) is 25.2 Å². The third-order valence-electron chi connectivity index (χ3n) is 4.39. The van der Waals surface area contributed by atoms with Gasteiger partial charge in [0.1, 0.15) is 0 Å². The molecule has 0 radical (unpaired) electrons. The highest BCUT2D eigenvalue weighted by Gasteiger charge is 2.17. The number of anilines is 1. The van der Waals surface area contributed by atoms with Crippen LogP contribution in [0.4, 0.5) is 5.69 Å². The van der Waals surface area contributed by atoms with Crippen LogP contribution >= 0.6 is 0 Å². The largest absolute Gasteiger partial charge is 0.358 e. The molecule has 2 aromatic carbocycles. The van der Waals surface area contributed by atoms with Crippen LogP contribution in [-0.2, 0) is 21.2 Å². The average Bonchev–Trinajstić information content (AvgIpc) is 2.92. The Labute approximate surface area is 152 Å². The standard InChI is InChI=1S/C19H21N3O3S/c1-12-8-9-14(10-18(12)26(24,25)20-3)22-19(23)11-16-13(2)21-17-7-5-4-6-15(16)17/h4-10,20-21H,11H2,1-3H3,(H,22,23). The first-order valence-corrected chi connectivity index (χ1v) is 9.70. The van der Waals surface area contributed by atoms with Gasteiger partial charge in [-0.3, -0.25) is 4.79 Å². The van der Waals surface area contributed by atoms with Gasteiger partial charge >= 0.3 is 0 Å². The van der Waals surface area contributed by atoms with Crippen molar-refractivity contribution in [2.24, 2.45) is 0 Å². The lowest BCUT2D eigenvalue weighted by atomic mass is 10.1. The summed E-state index contributed by atoms with van der Waals surface area (Å²) in [5, 5.41) is 3.81. The Morgan fingerprint density at radius 2 is 1.85 bits per heavy atom. The second-order valence-electron chi connectivity index (χ2n) is 6.19. The van der Waals surface area contributed by atoms with Gasteiger partial charge in [-0.15, -0.1) is 0 Å². The summed E-state index contributed by atoms with van der Waals surface area (Å²) in [6, 6.07) is 12.7. The molecule has 0 aliphatic rings. The summed E-state index contributed by atoms with van der Waals surface area (Å²) in [4.78, 5) is 15.9. The van der Waals surface area contributed by atoms with Gasteiger partial charge in [-0.2, -0.15) is 0 Å². The van der Waals surface area contributed by atoms with Crippen LogP contribution < -0.4 is 10.0 Å². The lowest BCUT2D eigenvalue weighted by molar-refractivity contribution is -0.115. The van der Waals surface area contributed by atoms with Crippen molar-refractivity contribution in [3.05, 3.63) is 59.3 Å². The summed E-state index contributed by atoms with van der Waals surface area (Å²) in [7, 11) is -2.22. The molecule has 0 fully saturated rings. The Morgan fingerprint density at radius 3 is 2.58 bits per heavy atom. The number of rotatable bonds is 5. The number of carbonyl (C=O) groups excluding carboxylic acids is 1. The molecule has 1 heterocycles. The van der Waals surface area contributed by atoms with Gasteiger partial charge in [-0.1, -0.05) is 24.3 Å². The Hall–Kier alpha value is -2.64. The first kappa shape index (κ1) is 18.2. The number of benzene rings is 2. The van der Waals surface area contributed by atoms with E-state index in [0.29, 0.717) is 11.3 Å². The molecular formula is C19H21N3O3S. The molecule has 0 aliphatic heterocycles. The van der Waals surface area contributed by atoms with Crippen molar-refractivity contribution in [3.8, 4) is 0 Å². The lowest BCUT2D eigenvalue weighted by Gasteiger charge is -2.10. The highest BCUT2D eigenvalue weighted by atomic mass is 32.2. The van der Waals surface area contributed by atoms with E-state index in [9.17, 15) is 13.2 Å². The zero-order chi connectivity index (χ0) is 18.9. The molecule has 1 aromatic heterocycles. The molecule has 0 unspecified atom stereocenters. The molecule has 0 spiro atoms. The number of aryl methyl sites for hydroxylation is 2. The van der Waals surface area contributed by atoms with Crippen LogP contribution in [0.5, 0.6) is 0 Å². The molecule has 3 rings (SSSR count). The van der Waals surface area contributed by atoms with Crippen LogP contribution in [-0.4, -0.2) is 26.4 Å². The van der Waals surface area contributed by atoms with Crippen LogP contribution in [0, 0.1) is 13.8 Å². The number of carbonyl (C=O) groups is 1. The number of aromatic nitrogens is 1. The normalized spacial score (nSPS) is 11.7. The Kier molecular flexibility index (Phi) is 4.84. The molecule has 26 heavy (non-hydrogen) atoms. The van der Waals surface area contributed by atoms with E-state index in [-0.39, 0.29) is 17.2 Å². The molecule has 7 heteroatoms. The lowest BCUT2D eigenvalue weighted by Crippen LogP contribution is -2.20. The van der Waals surface area contributed by atoms with E-state index in [2.05, 4.69) is 15.0 Å². The molecule has 136 valence electrons. The second kappa shape index (κ2) is 6.93. The third kappa shape index (κ3) is 3.49. The zero-order valence-corrected chi connectivity index (χ0v) is 15.7. The van der Waals surface area contributed by atoms with Crippen molar-refractivity contribution in [3.63, 3.8) is 0 Å². The Morgan fingerprint density at radius 1 is 1.12 bits per heavy atom. The zero-order valence-electron chi connectivity index (χ0n) is 14.9. The predicted molar refractivity (Wildman–Crippen MR) is 103 cm³/mol. The molecule has 0 aliphatic carbocycles. The number of sulfonamides is 1. The molecule has 0 atom stereocenters. The van der Waals surface area contributed by atoms with E-state index in [1.165, 1.54) is 13.1 Å². The highest BCUT2D eigenvalue weighted by molar-refractivity contribution is 7.89. The number of fused-ring (bicyclic) bond motifs is 1. The minimum absolute atomic E-state index is 0.154. The number of nitrogens with one attached hydrogen (secondary N) is 3. The molecule has 6 nitrogen and oxygen atoms in total. The van der Waals surface area contributed by atoms with Gasteiger partial charge in [-0.05, 0) is 50.2 Å². The quantitative estimate of drug-likeness (QED) is 0.644. The molecule has 0 bridgehead atoms. The van der Waals surface area contributed by atoms with Gasteiger partial charge in [0.05, 0.1) is 11.3 Å². The van der Waals surface area contributed by atoms with Crippen molar-refractivity contribution in [1.82, 2.24) is 9.71 Å². The van der Waals surface area contributed by atoms with Gasteiger partial charge in [0.15, 0.2) is 0 Å². The topological polar surface area (TPSA) is 91.1 Å². The molecule has 0 saturated carbocycles. The fraction of sp³-hybridized carbons (Fsp3) is 0.211. The molecule has 1 amide bonds. The van der Waals surface area contributed by atoms with Crippen LogP contribution in [0.3, 0.4) is 0 Å². The fourth-order valence-corrected chi connectivity index (χ4v) is 4.00. The Bertz CT molecular complexity index is 1080. The van der Waals surface area contributed by atoms with Crippen molar-refractivity contribution < 1.29 is 13.2 Å². The summed E-state index contributed by atoms with van der Waals surface area (Å²) >= 11 is 0. The Balaban J connectivity index is 1.84. The summed E-state index contributed by atoms with van der Waals surface area (Å²) in [5.74, 6) is -0.200.